The molecule has 0 radical (unpaired) electrons. The van der Waals surface area contributed by atoms with E-state index < -0.39 is 0 Å². The molecule has 6 nitrogen and oxygen atoms in total. The number of aromatic nitrogens is 4. The van der Waals surface area contributed by atoms with Gasteiger partial charge in [0.05, 0.1) is 11.0 Å². The van der Waals surface area contributed by atoms with Crippen LogP contribution < -0.4 is 15.1 Å². The molecule has 2 aliphatic rings. The lowest BCUT2D eigenvalue weighted by Gasteiger charge is -2.48. The molecule has 0 spiro atoms. The van der Waals surface area contributed by atoms with E-state index >= 15 is 0 Å². The summed E-state index contributed by atoms with van der Waals surface area (Å²) in [6.07, 6.45) is 0. The summed E-state index contributed by atoms with van der Waals surface area (Å²) in [6.45, 7) is 13.6. The zero-order valence-corrected chi connectivity index (χ0v) is 41.5. The monoisotopic (exact) mass is 928 g/mol. The average Bonchev–Trinajstić information content (AvgIpc) is 3.74. The van der Waals surface area contributed by atoms with E-state index in [4.69, 9.17) is 15.0 Å². The highest BCUT2D eigenvalue weighted by Crippen LogP contribution is 2.50. The summed E-state index contributed by atoms with van der Waals surface area (Å²) in [5, 5.41) is 2.26. The topological polar surface area (TPSA) is 50.1 Å². The van der Waals surface area contributed by atoms with E-state index in [0.29, 0.717) is 17.6 Å². The van der Waals surface area contributed by atoms with Crippen LogP contribution in [0.2, 0.25) is 0 Å². The Hall–Kier alpha value is -8.55. The van der Waals surface area contributed by atoms with Crippen molar-refractivity contribution in [1.82, 2.24) is 19.5 Å². The van der Waals surface area contributed by atoms with E-state index in [-0.39, 0.29) is 17.8 Å². The Morgan fingerprint density at radius 3 is 1.46 bits per heavy atom. The number of anilines is 4. The molecule has 0 saturated carbocycles. The number of hydrogen-bond donors (Lipinski definition) is 0. The van der Waals surface area contributed by atoms with Gasteiger partial charge >= 0.3 is 6.98 Å². The highest BCUT2D eigenvalue weighted by molar-refractivity contribution is 6.86. The minimum absolute atomic E-state index is 0.0204. The molecule has 2 aliphatic heterocycles. The van der Waals surface area contributed by atoms with Crippen molar-refractivity contribution < 1.29 is 0 Å². The van der Waals surface area contributed by atoms with Crippen molar-refractivity contribution in [2.75, 3.05) is 9.62 Å². The van der Waals surface area contributed by atoms with Gasteiger partial charge in [-0.25, -0.2) is 4.98 Å². The maximum Gasteiger partial charge on any atom is 0.421 e. The predicted molar refractivity (Wildman–Crippen MR) is 301 cm³/mol. The summed E-state index contributed by atoms with van der Waals surface area (Å²) in [5.74, 6) is 1.84. The van der Waals surface area contributed by atoms with Crippen molar-refractivity contribution in [2.24, 2.45) is 0 Å². The maximum absolute atomic E-state index is 5.18. The van der Waals surface area contributed by atoms with Gasteiger partial charge in [-0.2, -0.15) is 9.97 Å². The minimum Gasteiger partial charge on any atom is -0.361 e. The number of benzene rings is 9. The molecule has 4 heterocycles. The molecule has 346 valence electrons. The van der Waals surface area contributed by atoms with Gasteiger partial charge in [-0.1, -0.05) is 193 Å². The Kier molecular flexibility index (Phi) is 9.98. The molecule has 0 fully saturated rings. The van der Waals surface area contributed by atoms with Gasteiger partial charge in [0.25, 0.3) is 0 Å². The Morgan fingerprint density at radius 2 is 0.847 bits per heavy atom. The first-order valence-corrected chi connectivity index (χ1v) is 25.1. The van der Waals surface area contributed by atoms with Crippen molar-refractivity contribution in [2.45, 2.75) is 52.4 Å². The summed E-state index contributed by atoms with van der Waals surface area (Å²) in [4.78, 5) is 20.5. The molecular weight excluding hydrogens is 876 g/mol. The van der Waals surface area contributed by atoms with E-state index in [1.54, 1.807) is 0 Å². The molecule has 7 heteroatoms. The highest BCUT2D eigenvalue weighted by Gasteiger charge is 2.47. The van der Waals surface area contributed by atoms with E-state index in [2.05, 4.69) is 232 Å². The molecule has 0 bridgehead atoms. The van der Waals surface area contributed by atoms with Crippen molar-refractivity contribution >= 4 is 57.0 Å². The first-order valence-electron chi connectivity index (χ1n) is 25.1. The van der Waals surface area contributed by atoms with Crippen LogP contribution in [0.5, 0.6) is 0 Å². The third-order valence-electron chi connectivity index (χ3n) is 14.8. The third-order valence-corrected chi connectivity index (χ3v) is 14.8. The summed E-state index contributed by atoms with van der Waals surface area (Å²) < 4.78 is 2.20. The number of hydrogen-bond acceptors (Lipinski definition) is 5. The molecule has 0 aliphatic carbocycles. The van der Waals surface area contributed by atoms with Crippen LogP contribution >= 0.6 is 0 Å². The van der Waals surface area contributed by atoms with Gasteiger partial charge in [0.15, 0.2) is 11.6 Å². The smallest absolute Gasteiger partial charge is 0.361 e. The Morgan fingerprint density at radius 1 is 0.361 bits per heavy atom. The van der Waals surface area contributed by atoms with Crippen LogP contribution in [0.15, 0.2) is 212 Å². The second-order valence-electron chi connectivity index (χ2n) is 21.3. The summed E-state index contributed by atoms with van der Waals surface area (Å²) in [5.41, 5.74) is 19.8. The van der Waals surface area contributed by atoms with Gasteiger partial charge in [0.1, 0.15) is 0 Å². The summed E-state index contributed by atoms with van der Waals surface area (Å²) in [6, 6.07) is 77.3. The summed E-state index contributed by atoms with van der Waals surface area (Å²) >= 11 is 0. The summed E-state index contributed by atoms with van der Waals surface area (Å²) in [7, 11) is 0. The number of para-hydroxylation sites is 2. The van der Waals surface area contributed by atoms with Crippen LogP contribution in [-0.2, 0) is 10.8 Å². The van der Waals surface area contributed by atoms with Crippen LogP contribution in [0, 0.1) is 0 Å². The van der Waals surface area contributed by atoms with E-state index in [1.807, 2.05) is 36.4 Å². The quantitative estimate of drug-likeness (QED) is 0.156. The fourth-order valence-electron chi connectivity index (χ4n) is 11.1. The fourth-order valence-corrected chi connectivity index (χ4v) is 11.1. The van der Waals surface area contributed by atoms with Crippen molar-refractivity contribution in [3.63, 3.8) is 0 Å². The molecule has 72 heavy (non-hydrogen) atoms. The third kappa shape index (κ3) is 7.13. The second kappa shape index (κ2) is 16.5. The van der Waals surface area contributed by atoms with Crippen LogP contribution in [0.3, 0.4) is 0 Å². The molecule has 13 rings (SSSR count). The number of nitrogens with zero attached hydrogens (tertiary/aromatic N) is 6. The zero-order valence-electron chi connectivity index (χ0n) is 41.5. The molecule has 2 aromatic heterocycles. The predicted octanol–water partition coefficient (Wildman–Crippen LogP) is 15.9. The van der Waals surface area contributed by atoms with Crippen molar-refractivity contribution in [3.05, 3.63) is 223 Å². The van der Waals surface area contributed by atoms with Crippen molar-refractivity contribution in [3.8, 4) is 62.1 Å². The van der Waals surface area contributed by atoms with Gasteiger partial charge in [-0.05, 0) is 110 Å². The maximum atomic E-state index is 5.18. The zero-order chi connectivity index (χ0) is 48.9. The minimum atomic E-state index is -0.159. The van der Waals surface area contributed by atoms with Gasteiger partial charge in [-0.3, -0.25) is 4.57 Å². The Balaban J connectivity index is 0.997. The first kappa shape index (κ1) is 43.5. The van der Waals surface area contributed by atoms with E-state index in [9.17, 15) is 0 Å². The lowest BCUT2D eigenvalue weighted by Crippen LogP contribution is -2.61. The Bertz CT molecular complexity index is 3830. The molecular formula is C65H53BN6. The molecule has 0 unspecified atom stereocenters. The van der Waals surface area contributed by atoms with Crippen molar-refractivity contribution in [1.29, 1.82) is 0 Å². The first-order chi connectivity index (χ1) is 35.0. The second-order valence-corrected chi connectivity index (χ2v) is 21.3. The van der Waals surface area contributed by atoms with Gasteiger partial charge in [0.2, 0.25) is 5.95 Å². The van der Waals surface area contributed by atoms with Crippen LogP contribution in [0.1, 0.15) is 52.7 Å². The molecule has 0 saturated heterocycles. The van der Waals surface area contributed by atoms with E-state index in [1.165, 1.54) is 50.2 Å². The Labute approximate surface area is 422 Å². The van der Waals surface area contributed by atoms with Gasteiger partial charge in [-0.15, -0.1) is 0 Å². The number of fused-ring (bicyclic) bond motifs is 7. The van der Waals surface area contributed by atoms with Crippen LogP contribution in [0.4, 0.5) is 22.7 Å². The molecule has 0 N–H and O–H groups in total. The molecule has 9 aromatic carbocycles. The lowest BCUT2D eigenvalue weighted by atomic mass is 9.53. The van der Waals surface area contributed by atoms with Gasteiger partial charge in [0, 0.05) is 55.8 Å². The fraction of sp³-hybridized carbons (Fsp3) is 0.123. The van der Waals surface area contributed by atoms with Gasteiger partial charge < -0.3 is 9.62 Å². The lowest BCUT2D eigenvalue weighted by molar-refractivity contribution is 0.590. The molecule has 0 atom stereocenters. The normalized spacial score (nSPS) is 13.1. The molecule has 0 amide bonds. The molecule has 11 aromatic rings. The highest BCUT2D eigenvalue weighted by atomic mass is 15.2. The van der Waals surface area contributed by atoms with Crippen LogP contribution in [-0.4, -0.2) is 26.5 Å². The average molecular weight is 929 g/mol. The number of rotatable bonds is 6. The van der Waals surface area contributed by atoms with E-state index in [0.717, 1.165) is 55.4 Å². The van der Waals surface area contributed by atoms with Crippen LogP contribution in [0.25, 0.3) is 83.9 Å². The largest absolute Gasteiger partial charge is 0.421 e. The standard InChI is InChI=1S/C65H53BN6/c1-64(2,3)46-30-34-48(35-31-46)71-58-27-16-14-22-50(58)52-24-17-25-53-55-41-45(29-39-59(55)72(66(71)60(52)53)49-36-32-47(33-37-49)65(4,5)6)44-28-38-57-54(40-44)51-23-13-15-26-56(51)70(57)63-68-61(42-18-9-7-10-19-42)67-62(69-63)43-20-11-8-12-21-43/h7-41H,1-6H3. The SMILES string of the molecule is CC(C)(C)c1ccc(N2B3c4c(cccc4-c4cc(-c5ccc6c(c5)c5ccccc5n6-c5nc(-c6ccccc6)nc(-c6ccccc6)n5)ccc4N3c3ccc(C(C)(C)C)cc3)-c3ccccc32)cc1.